The second kappa shape index (κ2) is 10.7. The van der Waals surface area contributed by atoms with Crippen LogP contribution in [-0.4, -0.2) is 54.9 Å². The number of aliphatic imine (C=N–C) groups is 1. The maximum absolute atomic E-state index is 5.78. The summed E-state index contributed by atoms with van der Waals surface area (Å²) in [6.45, 7) is 7.28. The standard InChI is InChI=1S/C21H34N6O/c1-16-20(17(2)27(6)25-16)15-24-21(22-3)23-14-18-8-10-19(11-9-18)28-13-7-12-26(4)5/h8-11H,7,12-15H2,1-6H3,(H2,22,23,24). The van der Waals surface area contributed by atoms with Crippen LogP contribution in [0.4, 0.5) is 0 Å². The molecule has 2 aromatic rings. The lowest BCUT2D eigenvalue weighted by Crippen LogP contribution is -2.36. The second-order valence-electron chi connectivity index (χ2n) is 7.20. The number of rotatable bonds is 9. The van der Waals surface area contributed by atoms with Gasteiger partial charge in [-0.05, 0) is 52.1 Å². The Morgan fingerprint density at radius 3 is 2.39 bits per heavy atom. The molecule has 1 aromatic carbocycles. The fraction of sp³-hybridized carbons (Fsp3) is 0.524. The van der Waals surface area contributed by atoms with Crippen molar-refractivity contribution in [2.75, 3.05) is 34.3 Å². The van der Waals surface area contributed by atoms with Crippen LogP contribution in [0.1, 0.15) is 28.9 Å². The molecule has 0 atom stereocenters. The predicted molar refractivity (Wildman–Crippen MR) is 115 cm³/mol. The fourth-order valence-electron chi connectivity index (χ4n) is 2.93. The normalized spacial score (nSPS) is 11.8. The molecule has 0 radical (unpaired) electrons. The fourth-order valence-corrected chi connectivity index (χ4v) is 2.93. The zero-order valence-corrected chi connectivity index (χ0v) is 18.0. The van der Waals surface area contributed by atoms with Crippen LogP contribution in [0.2, 0.25) is 0 Å². The van der Waals surface area contributed by atoms with Crippen LogP contribution in [0.15, 0.2) is 29.3 Å². The lowest BCUT2D eigenvalue weighted by molar-refractivity contribution is 0.281. The molecule has 28 heavy (non-hydrogen) atoms. The van der Waals surface area contributed by atoms with Gasteiger partial charge in [-0.15, -0.1) is 0 Å². The van der Waals surface area contributed by atoms with Gasteiger partial charge < -0.3 is 20.3 Å². The number of aromatic nitrogens is 2. The maximum Gasteiger partial charge on any atom is 0.191 e. The van der Waals surface area contributed by atoms with Crippen molar-refractivity contribution in [3.05, 3.63) is 46.8 Å². The third-order valence-electron chi connectivity index (χ3n) is 4.72. The van der Waals surface area contributed by atoms with Crippen molar-refractivity contribution in [3.63, 3.8) is 0 Å². The molecule has 154 valence electrons. The Labute approximate surface area is 168 Å². The van der Waals surface area contributed by atoms with Crippen molar-refractivity contribution in [2.45, 2.75) is 33.4 Å². The lowest BCUT2D eigenvalue weighted by Gasteiger charge is -2.13. The van der Waals surface area contributed by atoms with Gasteiger partial charge in [0, 0.05) is 45.0 Å². The van der Waals surface area contributed by atoms with Crippen molar-refractivity contribution in [1.29, 1.82) is 0 Å². The quantitative estimate of drug-likeness (QED) is 0.393. The van der Waals surface area contributed by atoms with E-state index in [-0.39, 0.29) is 0 Å². The minimum atomic E-state index is 0.699. The van der Waals surface area contributed by atoms with E-state index in [1.807, 2.05) is 30.8 Å². The Kier molecular flexibility index (Phi) is 8.32. The Bertz CT molecular complexity index is 764. The molecule has 0 saturated carbocycles. The second-order valence-corrected chi connectivity index (χ2v) is 7.20. The molecule has 0 aliphatic rings. The molecule has 7 nitrogen and oxygen atoms in total. The number of hydrogen-bond donors (Lipinski definition) is 2. The number of benzene rings is 1. The first-order valence-corrected chi connectivity index (χ1v) is 9.70. The van der Waals surface area contributed by atoms with Crippen LogP contribution in [0, 0.1) is 13.8 Å². The molecule has 2 rings (SSSR count). The van der Waals surface area contributed by atoms with E-state index in [1.165, 1.54) is 16.8 Å². The van der Waals surface area contributed by atoms with E-state index in [0.717, 1.165) is 37.0 Å². The molecule has 0 amide bonds. The van der Waals surface area contributed by atoms with E-state index >= 15 is 0 Å². The molecule has 2 N–H and O–H groups in total. The number of hydrogen-bond acceptors (Lipinski definition) is 4. The van der Waals surface area contributed by atoms with Gasteiger partial charge in [-0.2, -0.15) is 5.10 Å². The lowest BCUT2D eigenvalue weighted by atomic mass is 10.2. The largest absolute Gasteiger partial charge is 0.494 e. The van der Waals surface area contributed by atoms with Crippen molar-refractivity contribution < 1.29 is 4.74 Å². The molecule has 0 unspecified atom stereocenters. The van der Waals surface area contributed by atoms with Gasteiger partial charge in [0.15, 0.2) is 5.96 Å². The molecular formula is C21H34N6O. The molecule has 1 heterocycles. The molecule has 1 aromatic heterocycles. The summed E-state index contributed by atoms with van der Waals surface area (Å²) < 4.78 is 7.69. The van der Waals surface area contributed by atoms with Gasteiger partial charge in [-0.25, -0.2) is 0 Å². The highest BCUT2D eigenvalue weighted by Crippen LogP contribution is 2.13. The van der Waals surface area contributed by atoms with Crippen molar-refractivity contribution in [2.24, 2.45) is 12.0 Å². The predicted octanol–water partition coefficient (Wildman–Crippen LogP) is 2.23. The first kappa shape index (κ1) is 21.8. The maximum atomic E-state index is 5.78. The molecule has 0 aliphatic heterocycles. The number of guanidine groups is 1. The first-order valence-electron chi connectivity index (χ1n) is 9.70. The SMILES string of the molecule is CN=C(NCc1ccc(OCCCN(C)C)cc1)NCc1c(C)nn(C)c1C. The summed E-state index contributed by atoms with van der Waals surface area (Å²) in [5, 5.41) is 11.2. The summed E-state index contributed by atoms with van der Waals surface area (Å²) in [6, 6.07) is 8.20. The molecule has 0 bridgehead atoms. The van der Waals surface area contributed by atoms with Gasteiger partial charge in [0.05, 0.1) is 12.3 Å². The zero-order valence-electron chi connectivity index (χ0n) is 18.0. The van der Waals surface area contributed by atoms with Gasteiger partial charge in [-0.1, -0.05) is 12.1 Å². The van der Waals surface area contributed by atoms with Crippen LogP contribution in [0.25, 0.3) is 0 Å². The Morgan fingerprint density at radius 1 is 1.14 bits per heavy atom. The van der Waals surface area contributed by atoms with Crippen LogP contribution < -0.4 is 15.4 Å². The highest BCUT2D eigenvalue weighted by Gasteiger charge is 2.09. The minimum Gasteiger partial charge on any atom is -0.494 e. The van der Waals surface area contributed by atoms with Crippen molar-refractivity contribution >= 4 is 5.96 Å². The first-order chi connectivity index (χ1) is 13.4. The summed E-state index contributed by atoms with van der Waals surface area (Å²) in [7, 11) is 7.89. The van der Waals surface area contributed by atoms with Crippen LogP contribution in [0.3, 0.4) is 0 Å². The summed E-state index contributed by atoms with van der Waals surface area (Å²) in [5.41, 5.74) is 4.60. The van der Waals surface area contributed by atoms with Gasteiger partial charge >= 0.3 is 0 Å². The number of aryl methyl sites for hydroxylation is 2. The monoisotopic (exact) mass is 386 g/mol. The molecule has 0 spiro atoms. The highest BCUT2D eigenvalue weighted by molar-refractivity contribution is 5.79. The number of ether oxygens (including phenoxy) is 1. The van der Waals surface area contributed by atoms with E-state index in [0.29, 0.717) is 13.1 Å². The van der Waals surface area contributed by atoms with E-state index in [1.54, 1.807) is 7.05 Å². The Morgan fingerprint density at radius 2 is 1.82 bits per heavy atom. The zero-order chi connectivity index (χ0) is 20.5. The van der Waals surface area contributed by atoms with Crippen LogP contribution in [0.5, 0.6) is 5.75 Å². The average molecular weight is 387 g/mol. The van der Waals surface area contributed by atoms with E-state index in [4.69, 9.17) is 4.74 Å². The average Bonchev–Trinajstić information content (AvgIpc) is 2.92. The van der Waals surface area contributed by atoms with Gasteiger partial charge in [0.1, 0.15) is 5.75 Å². The van der Waals surface area contributed by atoms with E-state index in [9.17, 15) is 0 Å². The summed E-state index contributed by atoms with van der Waals surface area (Å²) in [6.07, 6.45) is 1.02. The van der Waals surface area contributed by atoms with Crippen molar-refractivity contribution in [3.8, 4) is 5.75 Å². The van der Waals surface area contributed by atoms with Crippen LogP contribution in [-0.2, 0) is 20.1 Å². The molecular weight excluding hydrogens is 352 g/mol. The van der Waals surface area contributed by atoms with Gasteiger partial charge in [-0.3, -0.25) is 9.67 Å². The Balaban J connectivity index is 1.78. The molecule has 0 aliphatic carbocycles. The van der Waals surface area contributed by atoms with Gasteiger partial charge in [0.2, 0.25) is 0 Å². The third kappa shape index (κ3) is 6.56. The summed E-state index contributed by atoms with van der Waals surface area (Å²) in [5.74, 6) is 1.68. The number of nitrogens with one attached hydrogen (secondary N) is 2. The van der Waals surface area contributed by atoms with Crippen molar-refractivity contribution in [1.82, 2.24) is 25.3 Å². The molecule has 0 fully saturated rings. The third-order valence-corrected chi connectivity index (χ3v) is 4.72. The molecule has 7 heteroatoms. The smallest absolute Gasteiger partial charge is 0.191 e. The van der Waals surface area contributed by atoms with E-state index < -0.39 is 0 Å². The van der Waals surface area contributed by atoms with Crippen LogP contribution >= 0.6 is 0 Å². The highest BCUT2D eigenvalue weighted by atomic mass is 16.5. The molecule has 0 saturated heterocycles. The summed E-state index contributed by atoms with van der Waals surface area (Å²) in [4.78, 5) is 6.47. The van der Waals surface area contributed by atoms with E-state index in [2.05, 4.69) is 58.8 Å². The summed E-state index contributed by atoms with van der Waals surface area (Å²) >= 11 is 0. The topological polar surface area (TPSA) is 66.7 Å². The van der Waals surface area contributed by atoms with Gasteiger partial charge in [0.25, 0.3) is 0 Å². The minimum absolute atomic E-state index is 0.699. The Hall–Kier alpha value is -2.54. The number of nitrogens with zero attached hydrogens (tertiary/aromatic N) is 4.